The van der Waals surface area contributed by atoms with Crippen LogP contribution in [-0.2, 0) is 31.6 Å². The summed E-state index contributed by atoms with van der Waals surface area (Å²) in [5.74, 6) is -5.07. The largest absolute Gasteiger partial charge is 0.325 e. The van der Waals surface area contributed by atoms with E-state index in [-0.39, 0.29) is 23.2 Å². The van der Waals surface area contributed by atoms with E-state index in [0.29, 0.717) is 0 Å². The van der Waals surface area contributed by atoms with Gasteiger partial charge < -0.3 is 10.6 Å². The van der Waals surface area contributed by atoms with Crippen molar-refractivity contribution in [2.24, 2.45) is 11.8 Å². The summed E-state index contributed by atoms with van der Waals surface area (Å²) >= 11 is 0. The molecule has 0 aliphatic rings. The van der Waals surface area contributed by atoms with Crippen molar-refractivity contribution in [3.63, 3.8) is 0 Å². The van der Waals surface area contributed by atoms with E-state index in [2.05, 4.69) is 10.6 Å². The molecule has 14 heteroatoms. The molecular weight excluding hydrogens is 645 g/mol. The molecule has 0 aromatic heterocycles. The summed E-state index contributed by atoms with van der Waals surface area (Å²) in [6.07, 6.45) is 0. The monoisotopic (exact) mass is 692 g/mol. The fourth-order valence-electron chi connectivity index (χ4n) is 4.43. The van der Waals surface area contributed by atoms with Crippen LogP contribution >= 0.6 is 0 Å². The Bertz CT molecular complexity index is 1310. The highest BCUT2D eigenvalue weighted by molar-refractivity contribution is 7.84. The van der Waals surface area contributed by atoms with Gasteiger partial charge in [-0.3, -0.25) is 9.59 Å². The Hall–Kier alpha value is -2.68. The van der Waals surface area contributed by atoms with Gasteiger partial charge in [0, 0.05) is 37.6 Å². The summed E-state index contributed by atoms with van der Waals surface area (Å²) < 4.78 is 79.4. The molecule has 0 radical (unpaired) electrons. The van der Waals surface area contributed by atoms with Crippen LogP contribution in [0.3, 0.4) is 0 Å². The van der Waals surface area contributed by atoms with Crippen molar-refractivity contribution in [3.8, 4) is 0 Å². The predicted octanol–water partition coefficient (Wildman–Crippen LogP) is 6.64. The van der Waals surface area contributed by atoms with Gasteiger partial charge in [0.2, 0.25) is 11.8 Å². The molecule has 0 fully saturated rings. The van der Waals surface area contributed by atoms with Gasteiger partial charge in [0.05, 0.1) is 9.49 Å². The van der Waals surface area contributed by atoms with Gasteiger partial charge in [0.15, 0.2) is 23.3 Å². The van der Waals surface area contributed by atoms with Gasteiger partial charge in [0.1, 0.15) is 34.1 Å². The van der Waals surface area contributed by atoms with Crippen molar-refractivity contribution in [2.75, 3.05) is 24.7 Å². The molecule has 8 nitrogen and oxygen atoms in total. The molecule has 2 amide bonds. The Kier molecular flexibility index (Phi) is 15.2. The number of nitrogens with one attached hydrogen (secondary N) is 2. The minimum Gasteiger partial charge on any atom is -0.325 e. The van der Waals surface area contributed by atoms with E-state index in [0.717, 1.165) is 24.3 Å². The zero-order valence-corrected chi connectivity index (χ0v) is 30.3. The fourth-order valence-corrected chi connectivity index (χ4v) is 7.24. The first-order chi connectivity index (χ1) is 20.9. The molecule has 260 valence electrons. The lowest BCUT2D eigenvalue weighted by molar-refractivity contribution is -0.121. The lowest BCUT2D eigenvalue weighted by Gasteiger charge is -2.33. The Morgan fingerprint density at radius 3 is 1.11 bits per heavy atom. The minimum absolute atomic E-state index is 0.114. The Morgan fingerprint density at radius 1 is 0.609 bits per heavy atom. The average Bonchev–Trinajstić information content (AvgIpc) is 2.90. The molecule has 2 aromatic rings. The van der Waals surface area contributed by atoms with Crippen LogP contribution in [0.1, 0.15) is 69.2 Å². The smallest absolute Gasteiger partial charge is 0.242 e. The number of benzene rings is 2. The first kappa shape index (κ1) is 41.3. The topological polar surface area (TPSA) is 98.8 Å². The highest BCUT2D eigenvalue weighted by Crippen LogP contribution is 2.23. The number of nitrogens with zero attached hydrogens (tertiary/aromatic N) is 2. The summed E-state index contributed by atoms with van der Waals surface area (Å²) in [7, 11) is 0.482. The van der Waals surface area contributed by atoms with Crippen molar-refractivity contribution < 1.29 is 35.6 Å². The summed E-state index contributed by atoms with van der Waals surface area (Å²) in [6.45, 7) is 18.3. The first-order valence-electron chi connectivity index (χ1n) is 14.7. The molecule has 0 saturated carbocycles. The zero-order chi connectivity index (χ0) is 35.9. The molecule has 2 aromatic carbocycles. The highest BCUT2D eigenvalue weighted by atomic mass is 32.2. The summed E-state index contributed by atoms with van der Waals surface area (Å²) in [5.41, 5.74) is 0.323. The first-order valence-corrected chi connectivity index (χ1v) is 16.9. The maximum absolute atomic E-state index is 13.2. The number of amides is 2. The standard InChI is InChI=1S/2C16H24F2N2O2S/c2*1-10(2)14(20(6)23(22)16(3,4)5)15(21)19-11-7-8-12(17)13(18)9-11/h2*7-10,14H,1-6H3,(H,19,21)/t2*14-,23-/m00/s1. The Morgan fingerprint density at radius 2 is 0.891 bits per heavy atom. The van der Waals surface area contributed by atoms with E-state index in [1.54, 1.807) is 14.1 Å². The Balaban J connectivity index is 0.000000460. The third-order valence-electron chi connectivity index (χ3n) is 6.53. The maximum atomic E-state index is 13.2. The third kappa shape index (κ3) is 11.8. The van der Waals surface area contributed by atoms with Crippen molar-refractivity contribution in [3.05, 3.63) is 59.7 Å². The summed E-state index contributed by atoms with van der Waals surface area (Å²) in [4.78, 5) is 25.0. The van der Waals surface area contributed by atoms with E-state index in [4.69, 9.17) is 0 Å². The quantitative estimate of drug-likeness (QED) is 0.273. The molecule has 4 atom stereocenters. The van der Waals surface area contributed by atoms with Crippen LogP contribution in [0.15, 0.2) is 36.4 Å². The third-order valence-corrected chi connectivity index (χ3v) is 10.1. The number of carbonyl (C=O) groups is 2. The van der Waals surface area contributed by atoms with Gasteiger partial charge in [-0.1, -0.05) is 27.7 Å². The molecule has 46 heavy (non-hydrogen) atoms. The van der Waals surface area contributed by atoms with Crippen LogP contribution in [-0.4, -0.2) is 64.5 Å². The van der Waals surface area contributed by atoms with Gasteiger partial charge in [0.25, 0.3) is 0 Å². The molecule has 0 bridgehead atoms. The van der Waals surface area contributed by atoms with Crippen LogP contribution in [0.25, 0.3) is 0 Å². The van der Waals surface area contributed by atoms with Crippen LogP contribution in [0.5, 0.6) is 0 Å². The van der Waals surface area contributed by atoms with E-state index in [1.165, 1.54) is 20.7 Å². The minimum atomic E-state index is -1.38. The van der Waals surface area contributed by atoms with Crippen LogP contribution < -0.4 is 10.6 Å². The molecule has 0 saturated heterocycles. The second kappa shape index (κ2) is 16.9. The normalized spacial score (nSPS) is 14.9. The molecule has 0 aliphatic carbocycles. The maximum Gasteiger partial charge on any atom is 0.242 e. The van der Waals surface area contributed by atoms with Gasteiger partial charge in [-0.2, -0.15) is 0 Å². The van der Waals surface area contributed by atoms with Crippen molar-refractivity contribution >= 4 is 45.2 Å². The van der Waals surface area contributed by atoms with Gasteiger partial charge in [-0.05, 0) is 77.6 Å². The van der Waals surface area contributed by atoms with Gasteiger partial charge in [-0.25, -0.2) is 34.6 Å². The molecule has 0 aliphatic heterocycles. The van der Waals surface area contributed by atoms with Gasteiger partial charge in [-0.15, -0.1) is 0 Å². The lowest BCUT2D eigenvalue weighted by atomic mass is 10.0. The number of likely N-dealkylation sites (N-methyl/N-ethyl adjacent to an activating group) is 2. The van der Waals surface area contributed by atoms with Crippen LogP contribution in [0, 0.1) is 35.1 Å². The molecule has 0 heterocycles. The SMILES string of the molecule is CC(C)[C@@H](C(=O)Nc1ccc(F)c(F)c1)N(C)[S@@](=O)C(C)(C)C.CC(C)[C@@H](C(=O)Nc1ccc(F)c(F)c1)N(C)[S@@](=O)C(C)(C)C. The number of hydrogen-bond donors (Lipinski definition) is 2. The summed E-state index contributed by atoms with van der Waals surface area (Å²) in [5, 5.41) is 5.11. The molecule has 2 rings (SSSR count). The lowest BCUT2D eigenvalue weighted by Crippen LogP contribution is -2.49. The van der Waals surface area contributed by atoms with Crippen LogP contribution in [0.4, 0.5) is 28.9 Å². The second-order valence-corrected chi connectivity index (χ2v) is 18.0. The van der Waals surface area contributed by atoms with E-state index < -0.39 is 78.6 Å². The van der Waals surface area contributed by atoms with E-state index in [9.17, 15) is 35.6 Å². The second-order valence-electron chi connectivity index (χ2n) is 13.4. The van der Waals surface area contributed by atoms with E-state index >= 15 is 0 Å². The predicted molar refractivity (Wildman–Crippen MR) is 179 cm³/mol. The van der Waals surface area contributed by atoms with Crippen LogP contribution in [0.2, 0.25) is 0 Å². The number of rotatable bonds is 10. The van der Waals surface area contributed by atoms with Crippen molar-refractivity contribution in [1.29, 1.82) is 0 Å². The van der Waals surface area contributed by atoms with E-state index in [1.807, 2.05) is 69.2 Å². The highest BCUT2D eigenvalue weighted by Gasteiger charge is 2.36. The fraction of sp³-hybridized carbons (Fsp3) is 0.562. The van der Waals surface area contributed by atoms with Crippen molar-refractivity contribution in [2.45, 2.75) is 90.8 Å². The van der Waals surface area contributed by atoms with Crippen molar-refractivity contribution in [1.82, 2.24) is 8.61 Å². The number of carbonyl (C=O) groups excluding carboxylic acids is 2. The van der Waals surface area contributed by atoms with Gasteiger partial charge >= 0.3 is 0 Å². The number of anilines is 2. The number of hydrogen-bond acceptors (Lipinski definition) is 4. The zero-order valence-electron chi connectivity index (χ0n) is 28.6. The average molecular weight is 693 g/mol. The molecule has 2 N–H and O–H groups in total. The number of halogens is 4. The molecular formula is C32H48F4N4O4S2. The molecule has 0 unspecified atom stereocenters. The summed E-state index contributed by atoms with van der Waals surface area (Å²) in [6, 6.07) is 4.99. The Labute approximate surface area is 275 Å². The molecule has 0 spiro atoms.